The highest BCUT2D eigenvalue weighted by Gasteiger charge is 2.22. The third-order valence-corrected chi connectivity index (χ3v) is 4.05. The van der Waals surface area contributed by atoms with Gasteiger partial charge in [-0.1, -0.05) is 29.8 Å². The van der Waals surface area contributed by atoms with E-state index in [1.165, 1.54) is 30.5 Å². The van der Waals surface area contributed by atoms with Crippen LogP contribution in [0.4, 0.5) is 0 Å². The predicted octanol–water partition coefficient (Wildman–Crippen LogP) is 1.88. The third-order valence-electron chi connectivity index (χ3n) is 4.05. The van der Waals surface area contributed by atoms with Gasteiger partial charge in [-0.3, -0.25) is 9.80 Å². The molecular formula is C16H26N2O. The monoisotopic (exact) mass is 262 g/mol. The van der Waals surface area contributed by atoms with Gasteiger partial charge in [0.2, 0.25) is 0 Å². The fraction of sp³-hybridized carbons (Fsp3) is 0.625. The van der Waals surface area contributed by atoms with Crippen molar-refractivity contribution in [1.82, 2.24) is 9.80 Å². The summed E-state index contributed by atoms with van der Waals surface area (Å²) in [7, 11) is 2.12. The number of likely N-dealkylation sites (tertiary alicyclic amines) is 1. The van der Waals surface area contributed by atoms with Gasteiger partial charge in [0.15, 0.2) is 0 Å². The number of likely N-dealkylation sites (N-methyl/N-ethyl adjacent to an activating group) is 1. The highest BCUT2D eigenvalue weighted by atomic mass is 16.3. The molecule has 1 aromatic rings. The standard InChI is InChI=1S/C16H26N2O/c1-14-5-3-6-15(11-14)12-18-8-4-7-16(13-18)17(2)9-10-19/h3,5-6,11,16,19H,4,7-10,12-13H2,1-2H3. The maximum Gasteiger partial charge on any atom is 0.0558 e. The average Bonchev–Trinajstić information content (AvgIpc) is 2.39. The molecule has 3 nitrogen and oxygen atoms in total. The van der Waals surface area contributed by atoms with Gasteiger partial charge in [0, 0.05) is 25.7 Å². The van der Waals surface area contributed by atoms with Gasteiger partial charge in [-0.15, -0.1) is 0 Å². The Morgan fingerprint density at radius 3 is 3.00 bits per heavy atom. The first-order valence-corrected chi connectivity index (χ1v) is 7.28. The van der Waals surface area contributed by atoms with Crippen LogP contribution >= 0.6 is 0 Å². The molecular weight excluding hydrogens is 236 g/mol. The van der Waals surface area contributed by atoms with Gasteiger partial charge in [0.1, 0.15) is 0 Å². The van der Waals surface area contributed by atoms with Crippen LogP contribution in [0.15, 0.2) is 24.3 Å². The van der Waals surface area contributed by atoms with E-state index in [2.05, 4.69) is 48.0 Å². The van der Waals surface area contributed by atoms with E-state index in [0.717, 1.165) is 19.6 Å². The van der Waals surface area contributed by atoms with E-state index < -0.39 is 0 Å². The molecule has 0 aromatic heterocycles. The molecule has 1 fully saturated rings. The van der Waals surface area contributed by atoms with E-state index in [1.54, 1.807) is 0 Å². The fourth-order valence-corrected chi connectivity index (χ4v) is 2.94. The lowest BCUT2D eigenvalue weighted by atomic mass is 10.0. The predicted molar refractivity (Wildman–Crippen MR) is 79.2 cm³/mol. The van der Waals surface area contributed by atoms with E-state index in [1.807, 2.05) is 0 Å². The smallest absolute Gasteiger partial charge is 0.0558 e. The van der Waals surface area contributed by atoms with E-state index >= 15 is 0 Å². The second-order valence-corrected chi connectivity index (χ2v) is 5.72. The first-order chi connectivity index (χ1) is 9.19. The summed E-state index contributed by atoms with van der Waals surface area (Å²) in [4.78, 5) is 4.83. The second kappa shape index (κ2) is 7.04. The lowest BCUT2D eigenvalue weighted by Crippen LogP contribution is -2.46. The second-order valence-electron chi connectivity index (χ2n) is 5.72. The van der Waals surface area contributed by atoms with Crippen molar-refractivity contribution in [2.24, 2.45) is 0 Å². The van der Waals surface area contributed by atoms with Crippen LogP contribution in [0.5, 0.6) is 0 Å². The number of hydrogen-bond acceptors (Lipinski definition) is 3. The Hall–Kier alpha value is -0.900. The van der Waals surface area contributed by atoms with Crippen molar-refractivity contribution in [3.05, 3.63) is 35.4 Å². The molecule has 0 amide bonds. The quantitative estimate of drug-likeness (QED) is 0.878. The molecule has 1 saturated heterocycles. The number of aliphatic hydroxyl groups is 1. The van der Waals surface area contributed by atoms with Crippen LogP contribution in [0.1, 0.15) is 24.0 Å². The van der Waals surface area contributed by atoms with Crippen LogP contribution in [0.3, 0.4) is 0 Å². The van der Waals surface area contributed by atoms with Gasteiger partial charge in [-0.25, -0.2) is 0 Å². The molecule has 3 heteroatoms. The minimum atomic E-state index is 0.255. The lowest BCUT2D eigenvalue weighted by molar-refractivity contribution is 0.0970. The molecule has 1 N–H and O–H groups in total. The van der Waals surface area contributed by atoms with Gasteiger partial charge in [0.25, 0.3) is 0 Å². The van der Waals surface area contributed by atoms with Crippen LogP contribution in [0.25, 0.3) is 0 Å². The van der Waals surface area contributed by atoms with Crippen molar-refractivity contribution in [3.63, 3.8) is 0 Å². The Labute approximate surface area is 116 Å². The molecule has 0 aliphatic carbocycles. The summed E-state index contributed by atoms with van der Waals surface area (Å²) in [5.74, 6) is 0. The van der Waals surface area contributed by atoms with Crippen molar-refractivity contribution in [3.8, 4) is 0 Å². The Kier molecular flexibility index (Phi) is 5.37. The molecule has 1 unspecified atom stereocenters. The number of nitrogens with zero attached hydrogens (tertiary/aromatic N) is 2. The molecule has 1 aliphatic heterocycles. The number of benzene rings is 1. The summed E-state index contributed by atoms with van der Waals surface area (Å²) < 4.78 is 0. The van der Waals surface area contributed by atoms with Crippen molar-refractivity contribution >= 4 is 0 Å². The summed E-state index contributed by atoms with van der Waals surface area (Å²) in [6.45, 7) is 6.54. The highest BCUT2D eigenvalue weighted by Crippen LogP contribution is 2.17. The Bertz CT molecular complexity index is 394. The molecule has 0 saturated carbocycles. The molecule has 1 atom stereocenters. The third kappa shape index (κ3) is 4.30. The fourth-order valence-electron chi connectivity index (χ4n) is 2.94. The van der Waals surface area contributed by atoms with Crippen LogP contribution in [0, 0.1) is 6.92 Å². The zero-order valence-electron chi connectivity index (χ0n) is 12.2. The number of piperidine rings is 1. The highest BCUT2D eigenvalue weighted by molar-refractivity contribution is 5.22. The zero-order chi connectivity index (χ0) is 13.7. The summed E-state index contributed by atoms with van der Waals surface area (Å²) in [6.07, 6.45) is 2.51. The molecule has 2 rings (SSSR count). The molecule has 0 bridgehead atoms. The van der Waals surface area contributed by atoms with Crippen molar-refractivity contribution in [2.75, 3.05) is 33.3 Å². The average molecular weight is 262 g/mol. The molecule has 1 aromatic carbocycles. The van der Waals surface area contributed by atoms with Crippen molar-refractivity contribution < 1.29 is 5.11 Å². The Morgan fingerprint density at radius 2 is 2.26 bits per heavy atom. The lowest BCUT2D eigenvalue weighted by Gasteiger charge is -2.37. The number of hydrogen-bond donors (Lipinski definition) is 1. The van der Waals surface area contributed by atoms with Crippen LogP contribution in [-0.4, -0.2) is 54.2 Å². The Morgan fingerprint density at radius 1 is 1.42 bits per heavy atom. The van der Waals surface area contributed by atoms with Crippen LogP contribution in [-0.2, 0) is 6.54 Å². The SMILES string of the molecule is Cc1cccc(CN2CCCC(N(C)CCO)C2)c1. The molecule has 0 radical (unpaired) electrons. The molecule has 0 spiro atoms. The molecule has 19 heavy (non-hydrogen) atoms. The summed E-state index contributed by atoms with van der Waals surface area (Å²) in [6, 6.07) is 9.38. The maximum atomic E-state index is 9.04. The minimum absolute atomic E-state index is 0.255. The van der Waals surface area contributed by atoms with Crippen molar-refractivity contribution in [2.45, 2.75) is 32.4 Å². The van der Waals surface area contributed by atoms with Gasteiger partial charge >= 0.3 is 0 Å². The Balaban J connectivity index is 1.90. The van der Waals surface area contributed by atoms with Gasteiger partial charge in [0.05, 0.1) is 6.61 Å². The van der Waals surface area contributed by atoms with Gasteiger partial charge in [-0.05, 0) is 38.9 Å². The van der Waals surface area contributed by atoms with Gasteiger partial charge < -0.3 is 5.11 Å². The largest absolute Gasteiger partial charge is 0.395 e. The van der Waals surface area contributed by atoms with Crippen molar-refractivity contribution in [1.29, 1.82) is 0 Å². The summed E-state index contributed by atoms with van der Waals surface area (Å²) >= 11 is 0. The van der Waals surface area contributed by atoms with Crippen LogP contribution in [0.2, 0.25) is 0 Å². The van der Waals surface area contributed by atoms with E-state index in [0.29, 0.717) is 6.04 Å². The van der Waals surface area contributed by atoms with E-state index in [4.69, 9.17) is 5.11 Å². The number of rotatable bonds is 5. The van der Waals surface area contributed by atoms with Gasteiger partial charge in [-0.2, -0.15) is 0 Å². The molecule has 1 heterocycles. The van der Waals surface area contributed by atoms with E-state index in [9.17, 15) is 0 Å². The number of aliphatic hydroxyl groups excluding tert-OH is 1. The maximum absolute atomic E-state index is 9.04. The van der Waals surface area contributed by atoms with E-state index in [-0.39, 0.29) is 6.61 Å². The summed E-state index contributed by atoms with van der Waals surface area (Å²) in [5, 5.41) is 9.04. The molecule has 106 valence electrons. The number of aryl methyl sites for hydroxylation is 1. The van der Waals surface area contributed by atoms with Crippen LogP contribution < -0.4 is 0 Å². The first-order valence-electron chi connectivity index (χ1n) is 7.28. The topological polar surface area (TPSA) is 26.7 Å². The molecule has 1 aliphatic rings. The minimum Gasteiger partial charge on any atom is -0.395 e. The summed E-state index contributed by atoms with van der Waals surface area (Å²) in [5.41, 5.74) is 2.74. The zero-order valence-corrected chi connectivity index (χ0v) is 12.2. The first kappa shape index (κ1) is 14.5. The normalized spacial score (nSPS) is 20.9.